The number of alkyl halides is 6. The van der Waals surface area contributed by atoms with Crippen molar-refractivity contribution in [1.82, 2.24) is 29.1 Å². The van der Waals surface area contributed by atoms with E-state index in [9.17, 15) is 40.7 Å². The first-order chi connectivity index (χ1) is 26.1. The summed E-state index contributed by atoms with van der Waals surface area (Å²) in [5, 5.41) is 1.62. The van der Waals surface area contributed by atoms with Gasteiger partial charge in [-0.1, -0.05) is 46.1 Å². The molecule has 2 N–H and O–H groups in total. The van der Waals surface area contributed by atoms with Crippen molar-refractivity contribution in [2.24, 2.45) is 0 Å². The van der Waals surface area contributed by atoms with Gasteiger partial charge in [-0.3, -0.25) is 0 Å². The average Bonchev–Trinajstić information content (AvgIpc) is 3.83. The van der Waals surface area contributed by atoms with E-state index in [1.807, 2.05) is 12.1 Å². The van der Waals surface area contributed by atoms with Crippen LogP contribution in [0.15, 0.2) is 82.4 Å². The van der Waals surface area contributed by atoms with Crippen LogP contribution < -0.4 is 11.4 Å². The average molecular weight is 876 g/mol. The molecule has 0 aliphatic heterocycles. The molecule has 4 aromatic carbocycles. The van der Waals surface area contributed by atoms with Gasteiger partial charge in [0.1, 0.15) is 5.60 Å². The number of thiazole rings is 2. The number of imidazole rings is 2. The van der Waals surface area contributed by atoms with E-state index in [2.05, 4.69) is 19.9 Å². The highest BCUT2D eigenvalue weighted by molar-refractivity contribution is 7.22. The number of aromatic amines is 2. The summed E-state index contributed by atoms with van der Waals surface area (Å²) in [6, 6.07) is 16.4. The summed E-state index contributed by atoms with van der Waals surface area (Å²) in [6.07, 6.45) is -10.1. The lowest BCUT2D eigenvalue weighted by atomic mass is 10.2. The minimum Gasteiger partial charge on any atom is -0.443 e. The van der Waals surface area contributed by atoms with Gasteiger partial charge in [-0.05, 0) is 93.6 Å². The van der Waals surface area contributed by atoms with Gasteiger partial charge < -0.3 is 14.7 Å². The second kappa shape index (κ2) is 15.2. The first-order valence-electron chi connectivity index (χ1n) is 15.7. The first kappa shape index (κ1) is 40.8. The van der Waals surface area contributed by atoms with E-state index >= 15 is 0 Å². The third-order valence-electron chi connectivity index (χ3n) is 7.45. The van der Waals surface area contributed by atoms with Crippen molar-refractivity contribution in [3.8, 4) is 5.13 Å². The molecular weight excluding hydrogens is 853 g/mol. The predicted molar refractivity (Wildman–Crippen MR) is 206 cm³/mol. The number of aromatic nitrogens is 6. The highest BCUT2D eigenvalue weighted by atomic mass is 35.5. The molecule has 0 amide bonds. The fraction of sp³-hybridized carbons (Fsp3) is 0.171. The summed E-state index contributed by atoms with van der Waals surface area (Å²) in [4.78, 5) is 49.1. The molecule has 0 spiro atoms. The van der Waals surface area contributed by atoms with Crippen molar-refractivity contribution in [3.63, 3.8) is 0 Å². The summed E-state index contributed by atoms with van der Waals surface area (Å²) < 4.78 is 85.7. The van der Waals surface area contributed by atoms with Crippen LogP contribution in [0.1, 0.15) is 31.9 Å². The van der Waals surface area contributed by atoms with Crippen molar-refractivity contribution in [1.29, 1.82) is 0 Å². The van der Waals surface area contributed by atoms with Crippen molar-refractivity contribution in [2.75, 3.05) is 0 Å². The molecule has 0 radical (unpaired) electrons. The van der Waals surface area contributed by atoms with Gasteiger partial charge >= 0.3 is 29.8 Å². The quantitative estimate of drug-likeness (QED) is 0.158. The number of carbonyl (C=O) groups excluding carboxylic acids is 1. The number of fused-ring (bicyclic) bond motifs is 4. The highest BCUT2D eigenvalue weighted by Crippen LogP contribution is 2.34. The molecular formula is C35H23Cl3F6N6O4S2. The van der Waals surface area contributed by atoms with Crippen LogP contribution in [0.25, 0.3) is 47.6 Å². The highest BCUT2D eigenvalue weighted by Gasteiger charge is 2.32. The molecule has 0 aliphatic carbocycles. The lowest BCUT2D eigenvalue weighted by Crippen LogP contribution is -2.32. The number of rotatable bonds is 1. The van der Waals surface area contributed by atoms with Crippen molar-refractivity contribution in [2.45, 2.75) is 38.7 Å². The number of hydrogen-bond acceptors (Lipinski definition) is 8. The number of hydrogen-bond donors (Lipinski definition) is 2. The third kappa shape index (κ3) is 9.05. The maximum Gasteiger partial charge on any atom is 0.423 e. The van der Waals surface area contributed by atoms with Gasteiger partial charge in [-0.15, -0.1) is 11.3 Å². The number of nitrogens with one attached hydrogen (secondary N) is 2. The Bertz CT molecular complexity index is 2890. The van der Waals surface area contributed by atoms with E-state index in [4.69, 9.17) is 39.5 Å². The van der Waals surface area contributed by atoms with E-state index in [1.54, 1.807) is 45.0 Å². The molecule has 0 saturated heterocycles. The molecule has 0 atom stereocenters. The molecule has 4 heterocycles. The Morgan fingerprint density at radius 3 is 1.84 bits per heavy atom. The number of H-pyrrole nitrogens is 2. The Hall–Kier alpha value is -4.88. The van der Waals surface area contributed by atoms with Gasteiger partial charge in [0, 0.05) is 10.0 Å². The molecule has 8 rings (SSSR count). The Balaban J connectivity index is 0.000000152. The Labute approximate surface area is 332 Å². The first-order valence-corrected chi connectivity index (χ1v) is 18.5. The number of ether oxygens (including phenoxy) is 1. The van der Waals surface area contributed by atoms with Crippen molar-refractivity contribution < 1.29 is 35.9 Å². The van der Waals surface area contributed by atoms with Crippen molar-refractivity contribution >= 4 is 106 Å². The summed E-state index contributed by atoms with van der Waals surface area (Å²) in [5.74, 6) is 0. The SMILES string of the molecule is CC(C)(C)OC(=O)n1c(=O)[nH]c2ccc(C(F)(F)F)cc21.Clc1ccc2nc(Cl)sc2c1.O=c1[nH]c2cc(C(F)(F)F)ccc2n1-c1nc2ccc(Cl)cc2s1. The fourth-order valence-electron chi connectivity index (χ4n) is 5.10. The Morgan fingerprint density at radius 1 is 0.679 bits per heavy atom. The molecule has 0 unspecified atom stereocenters. The zero-order valence-corrected chi connectivity index (χ0v) is 32.5. The Kier molecular flexibility index (Phi) is 11.1. The molecule has 10 nitrogen and oxygen atoms in total. The van der Waals surface area contributed by atoms with E-state index in [0.717, 1.165) is 50.3 Å². The number of halogens is 9. The van der Waals surface area contributed by atoms with Gasteiger partial charge in [0.25, 0.3) is 0 Å². The van der Waals surface area contributed by atoms with Crippen LogP contribution >= 0.6 is 57.5 Å². The lowest BCUT2D eigenvalue weighted by molar-refractivity contribution is -0.138. The van der Waals surface area contributed by atoms with Crippen LogP contribution in [0.3, 0.4) is 0 Å². The molecule has 0 fully saturated rings. The molecule has 292 valence electrons. The lowest BCUT2D eigenvalue weighted by Gasteiger charge is -2.19. The zero-order valence-electron chi connectivity index (χ0n) is 28.6. The fourth-order valence-corrected chi connectivity index (χ4v) is 7.66. The number of carbonyl (C=O) groups is 1. The van der Waals surface area contributed by atoms with Gasteiger partial charge in [-0.2, -0.15) is 30.9 Å². The number of nitrogens with zero attached hydrogens (tertiary/aromatic N) is 4. The molecule has 4 aromatic heterocycles. The monoisotopic (exact) mass is 874 g/mol. The van der Waals surface area contributed by atoms with Crippen LogP contribution in [0, 0.1) is 0 Å². The van der Waals surface area contributed by atoms with Crippen molar-refractivity contribution in [3.05, 3.63) is 119 Å². The van der Waals surface area contributed by atoms with Crippen LogP contribution in [-0.2, 0) is 17.1 Å². The van der Waals surface area contributed by atoms with Crippen LogP contribution in [0.2, 0.25) is 14.5 Å². The smallest absolute Gasteiger partial charge is 0.423 e. The molecule has 21 heteroatoms. The molecule has 8 aromatic rings. The second-order valence-corrected chi connectivity index (χ2v) is 16.2. The zero-order chi connectivity index (χ0) is 40.9. The van der Waals surface area contributed by atoms with Gasteiger partial charge in [0.2, 0.25) is 0 Å². The predicted octanol–water partition coefficient (Wildman–Crippen LogP) is 11.3. The van der Waals surface area contributed by atoms with Gasteiger partial charge in [0.15, 0.2) is 9.60 Å². The Morgan fingerprint density at radius 2 is 1.23 bits per heavy atom. The standard InChI is InChI=1S/C15H7ClF3N3OS.C13H13F3N2O3.C7H3Cl2NS/c16-8-2-3-9-12(6-8)24-14(21-9)22-11-4-1-7(15(17,18)19)5-10(11)20-13(22)23;1-12(2,3)21-11(20)18-9-6-7(13(14,15)16)4-5-8(9)17-10(18)19;8-4-1-2-5-6(3-4)11-7(9)10-5/h1-6H,(H,20,23);4-6H,1-3H3,(H,17,19);1-3H. The molecule has 0 bridgehead atoms. The molecule has 0 aliphatic rings. The van der Waals surface area contributed by atoms with Crippen LogP contribution in [0.4, 0.5) is 31.1 Å². The maximum atomic E-state index is 12.8. The topological polar surface area (TPSA) is 128 Å². The summed E-state index contributed by atoms with van der Waals surface area (Å²) in [5.41, 5.74) is -2.09. The normalized spacial score (nSPS) is 12.1. The van der Waals surface area contributed by atoms with E-state index in [0.29, 0.717) is 30.2 Å². The summed E-state index contributed by atoms with van der Waals surface area (Å²) in [7, 11) is 0. The second-order valence-electron chi connectivity index (χ2n) is 12.7. The minimum absolute atomic E-state index is 0.104. The van der Waals surface area contributed by atoms with Crippen LogP contribution in [0.5, 0.6) is 0 Å². The summed E-state index contributed by atoms with van der Waals surface area (Å²) in [6.45, 7) is 4.77. The van der Waals surface area contributed by atoms with Gasteiger partial charge in [0.05, 0.1) is 53.6 Å². The van der Waals surface area contributed by atoms with E-state index in [1.165, 1.54) is 33.3 Å². The largest absolute Gasteiger partial charge is 0.443 e. The number of benzene rings is 4. The maximum absolute atomic E-state index is 12.8. The molecule has 0 saturated carbocycles. The third-order valence-corrected chi connectivity index (χ3v) is 10.0. The van der Waals surface area contributed by atoms with Gasteiger partial charge in [-0.25, -0.2) is 28.9 Å². The van der Waals surface area contributed by atoms with E-state index < -0.39 is 46.6 Å². The minimum atomic E-state index is -4.57. The van der Waals surface area contributed by atoms with Crippen LogP contribution in [-0.4, -0.2) is 40.8 Å². The van der Waals surface area contributed by atoms with E-state index in [-0.39, 0.29) is 16.6 Å². The molecule has 56 heavy (non-hydrogen) atoms. The summed E-state index contributed by atoms with van der Waals surface area (Å²) >= 11 is 20.1.